The molecule has 2 amide bonds. The van der Waals surface area contributed by atoms with Crippen molar-refractivity contribution in [1.82, 2.24) is 10.2 Å². The molecule has 0 radical (unpaired) electrons. The van der Waals surface area contributed by atoms with Crippen LogP contribution in [0.1, 0.15) is 61.3 Å². The normalized spacial score (nSPS) is 14.4. The minimum atomic E-state index is -4.08. The van der Waals surface area contributed by atoms with Crippen LogP contribution < -0.4 is 9.62 Å². The molecule has 3 aromatic carbocycles. The number of anilines is 1. The summed E-state index contributed by atoms with van der Waals surface area (Å²) < 4.78 is 29.2. The van der Waals surface area contributed by atoms with Gasteiger partial charge in [-0.15, -0.1) is 0 Å². The predicted octanol–water partition coefficient (Wildman–Crippen LogP) is 5.67. The van der Waals surface area contributed by atoms with Gasteiger partial charge in [0, 0.05) is 12.6 Å². The fraction of sp³-hybridized carbons (Fsp3) is 0.394. The Bertz CT molecular complexity index is 1460. The van der Waals surface area contributed by atoms with Gasteiger partial charge in [-0.2, -0.15) is 0 Å². The van der Waals surface area contributed by atoms with Crippen molar-refractivity contribution in [2.24, 2.45) is 0 Å². The minimum absolute atomic E-state index is 0.105. The maximum absolute atomic E-state index is 14.2. The highest BCUT2D eigenvalue weighted by atomic mass is 32.2. The zero-order valence-corrected chi connectivity index (χ0v) is 25.3. The van der Waals surface area contributed by atoms with Crippen LogP contribution in [-0.4, -0.2) is 43.8 Å². The number of benzene rings is 3. The van der Waals surface area contributed by atoms with Crippen LogP contribution in [0, 0.1) is 20.8 Å². The quantitative estimate of drug-likeness (QED) is 0.319. The van der Waals surface area contributed by atoms with Crippen LogP contribution in [-0.2, 0) is 26.2 Å². The lowest BCUT2D eigenvalue weighted by Gasteiger charge is -2.34. The number of nitrogens with zero attached hydrogens (tertiary/aromatic N) is 2. The Labute approximate surface area is 244 Å². The zero-order chi connectivity index (χ0) is 29.6. The van der Waals surface area contributed by atoms with Gasteiger partial charge in [0.25, 0.3) is 10.0 Å². The smallest absolute Gasteiger partial charge is 0.264 e. The Morgan fingerprint density at radius 2 is 1.51 bits per heavy atom. The predicted molar refractivity (Wildman–Crippen MR) is 163 cm³/mol. The van der Waals surface area contributed by atoms with Crippen LogP contribution in [0.3, 0.4) is 0 Å². The van der Waals surface area contributed by atoms with Gasteiger partial charge >= 0.3 is 0 Å². The fourth-order valence-corrected chi connectivity index (χ4v) is 6.85. The van der Waals surface area contributed by atoms with Gasteiger partial charge in [-0.3, -0.25) is 13.9 Å². The second kappa shape index (κ2) is 13.3. The fourth-order valence-electron chi connectivity index (χ4n) is 5.44. The van der Waals surface area contributed by atoms with E-state index in [0.29, 0.717) is 12.1 Å². The van der Waals surface area contributed by atoms with E-state index >= 15 is 0 Å². The van der Waals surface area contributed by atoms with Crippen molar-refractivity contribution in [3.63, 3.8) is 0 Å². The van der Waals surface area contributed by atoms with E-state index in [0.717, 1.165) is 52.2 Å². The average molecular weight is 576 g/mol. The molecule has 1 fully saturated rings. The molecule has 3 aromatic rings. The molecule has 0 bridgehead atoms. The molecule has 0 saturated heterocycles. The maximum Gasteiger partial charge on any atom is 0.264 e. The second-order valence-electron chi connectivity index (χ2n) is 11.1. The summed E-state index contributed by atoms with van der Waals surface area (Å²) in [5, 5.41) is 3.15. The first-order valence-electron chi connectivity index (χ1n) is 14.4. The third kappa shape index (κ3) is 7.55. The Kier molecular flexibility index (Phi) is 9.86. The van der Waals surface area contributed by atoms with Gasteiger partial charge < -0.3 is 10.2 Å². The van der Waals surface area contributed by atoms with Crippen LogP contribution in [0.25, 0.3) is 0 Å². The van der Waals surface area contributed by atoms with Crippen LogP contribution in [0.2, 0.25) is 0 Å². The molecular formula is C33H41N3O4S. The van der Waals surface area contributed by atoms with E-state index in [-0.39, 0.29) is 23.4 Å². The SMILES string of the molecule is CC[C@H](C(=O)NC1CCCC1)N(Cc1cccc(C)c1)C(=O)CN(c1cccc(C)c1)S(=O)(=O)c1ccc(C)cc1. The molecule has 218 valence electrons. The standard InChI is InChI=1S/C33H41N3O4S/c1-5-31(33(38)34-28-13-6-7-14-28)35(22-27-12-8-10-25(3)20-27)32(37)23-36(29-15-9-11-26(4)21-29)41(39,40)30-18-16-24(2)17-19-30/h8-12,15-21,28,31H,5-7,13-14,22-23H2,1-4H3,(H,34,38)/t31-/m1/s1. The number of nitrogens with one attached hydrogen (secondary N) is 1. The van der Waals surface area contributed by atoms with Gasteiger partial charge in [-0.25, -0.2) is 8.42 Å². The molecule has 41 heavy (non-hydrogen) atoms. The summed E-state index contributed by atoms with van der Waals surface area (Å²) in [7, 11) is -4.08. The summed E-state index contributed by atoms with van der Waals surface area (Å²) in [5.74, 6) is -0.624. The van der Waals surface area contributed by atoms with E-state index in [2.05, 4.69) is 5.32 Å². The number of aryl methyl sites for hydroxylation is 3. The van der Waals surface area contributed by atoms with Crippen molar-refractivity contribution in [3.8, 4) is 0 Å². The highest BCUT2D eigenvalue weighted by Crippen LogP contribution is 2.26. The first-order valence-corrected chi connectivity index (χ1v) is 15.8. The Morgan fingerprint density at radius 3 is 2.12 bits per heavy atom. The molecule has 4 rings (SSSR count). The number of hydrogen-bond acceptors (Lipinski definition) is 4. The van der Waals surface area contributed by atoms with Gasteiger partial charge in [0.05, 0.1) is 10.6 Å². The largest absolute Gasteiger partial charge is 0.352 e. The average Bonchev–Trinajstić information content (AvgIpc) is 3.44. The number of hydrogen-bond donors (Lipinski definition) is 1. The van der Waals surface area contributed by atoms with Gasteiger partial charge in [0.15, 0.2) is 0 Å². The van der Waals surface area contributed by atoms with Crippen molar-refractivity contribution >= 4 is 27.5 Å². The third-order valence-electron chi connectivity index (χ3n) is 7.70. The molecular weight excluding hydrogens is 534 g/mol. The molecule has 0 aromatic heterocycles. The highest BCUT2D eigenvalue weighted by molar-refractivity contribution is 7.92. The molecule has 0 spiro atoms. The van der Waals surface area contributed by atoms with E-state index in [1.165, 1.54) is 0 Å². The molecule has 1 N–H and O–H groups in total. The zero-order valence-electron chi connectivity index (χ0n) is 24.5. The van der Waals surface area contributed by atoms with E-state index in [9.17, 15) is 18.0 Å². The third-order valence-corrected chi connectivity index (χ3v) is 9.49. The van der Waals surface area contributed by atoms with Crippen LogP contribution in [0.15, 0.2) is 77.7 Å². The van der Waals surface area contributed by atoms with Gasteiger partial charge in [0.1, 0.15) is 12.6 Å². The van der Waals surface area contributed by atoms with E-state index in [1.807, 2.05) is 58.0 Å². The Hall–Kier alpha value is -3.65. The van der Waals surface area contributed by atoms with E-state index in [4.69, 9.17) is 0 Å². The van der Waals surface area contributed by atoms with Crippen molar-refractivity contribution in [3.05, 3.63) is 95.1 Å². The maximum atomic E-state index is 14.2. The van der Waals surface area contributed by atoms with Gasteiger partial charge in [-0.1, -0.05) is 79.4 Å². The second-order valence-corrected chi connectivity index (χ2v) is 13.0. The van der Waals surface area contributed by atoms with Crippen molar-refractivity contribution in [2.45, 2.75) is 83.3 Å². The molecule has 1 atom stereocenters. The Morgan fingerprint density at radius 1 is 0.878 bits per heavy atom. The lowest BCUT2D eigenvalue weighted by Crippen LogP contribution is -2.53. The molecule has 8 heteroatoms. The van der Waals surface area contributed by atoms with Gasteiger partial charge in [-0.05, 0) is 75.4 Å². The number of carbonyl (C=O) groups is 2. The number of sulfonamides is 1. The minimum Gasteiger partial charge on any atom is -0.352 e. The summed E-state index contributed by atoms with van der Waals surface area (Å²) in [6.07, 6.45) is 4.44. The lowest BCUT2D eigenvalue weighted by atomic mass is 10.1. The summed E-state index contributed by atoms with van der Waals surface area (Å²) in [6.45, 7) is 7.40. The van der Waals surface area contributed by atoms with Crippen molar-refractivity contribution in [1.29, 1.82) is 0 Å². The van der Waals surface area contributed by atoms with Gasteiger partial charge in [0.2, 0.25) is 11.8 Å². The molecule has 0 heterocycles. The molecule has 0 aliphatic heterocycles. The summed E-state index contributed by atoms with van der Waals surface area (Å²) >= 11 is 0. The molecule has 1 aliphatic carbocycles. The molecule has 0 unspecified atom stereocenters. The Balaban J connectivity index is 1.71. The van der Waals surface area contributed by atoms with E-state index in [1.54, 1.807) is 47.4 Å². The van der Waals surface area contributed by atoms with Crippen molar-refractivity contribution in [2.75, 3.05) is 10.8 Å². The van der Waals surface area contributed by atoms with Crippen LogP contribution >= 0.6 is 0 Å². The van der Waals surface area contributed by atoms with E-state index < -0.39 is 28.5 Å². The first-order chi connectivity index (χ1) is 19.6. The number of amides is 2. The topological polar surface area (TPSA) is 86.8 Å². The summed E-state index contributed by atoms with van der Waals surface area (Å²) in [4.78, 5) is 29.4. The van der Waals surface area contributed by atoms with Crippen LogP contribution in [0.4, 0.5) is 5.69 Å². The van der Waals surface area contributed by atoms with Crippen molar-refractivity contribution < 1.29 is 18.0 Å². The molecule has 1 saturated carbocycles. The number of rotatable bonds is 11. The summed E-state index contributed by atoms with van der Waals surface area (Å²) in [5.41, 5.74) is 4.14. The highest BCUT2D eigenvalue weighted by Gasteiger charge is 2.34. The van der Waals surface area contributed by atoms with Crippen LogP contribution in [0.5, 0.6) is 0 Å². The number of carbonyl (C=O) groups excluding carboxylic acids is 2. The lowest BCUT2D eigenvalue weighted by molar-refractivity contribution is -0.140. The monoisotopic (exact) mass is 575 g/mol. The molecule has 7 nitrogen and oxygen atoms in total. The summed E-state index contributed by atoms with van der Waals surface area (Å²) in [6, 6.07) is 20.9. The molecule has 1 aliphatic rings. The first kappa shape index (κ1) is 30.3.